The van der Waals surface area contributed by atoms with Crippen molar-refractivity contribution in [2.45, 2.75) is 76.2 Å². The van der Waals surface area contributed by atoms with Crippen molar-refractivity contribution in [2.75, 3.05) is 19.7 Å². The number of carbonyl (C=O) groups excluding carboxylic acids is 2. The SMILES string of the molecule is O=C1OC2(CCCCN2CCCCOc2ccn(C3CCCCC3)n2)OC1=O. The number of unbranched alkanes of at least 4 members (excludes halogenated alkanes) is 1. The Kier molecular flexibility index (Phi) is 5.85. The molecule has 1 spiro atoms. The Balaban J connectivity index is 1.20. The van der Waals surface area contributed by atoms with Crippen molar-refractivity contribution in [3.63, 3.8) is 0 Å². The van der Waals surface area contributed by atoms with Gasteiger partial charge in [-0.2, -0.15) is 0 Å². The summed E-state index contributed by atoms with van der Waals surface area (Å²) < 4.78 is 18.4. The number of hydrogen-bond acceptors (Lipinski definition) is 7. The number of esters is 2. The molecule has 0 aromatic carbocycles. The Bertz CT molecular complexity index is 682. The second-order valence-electron chi connectivity index (χ2n) is 7.92. The number of likely N-dealkylation sites (tertiary alicyclic amines) is 1. The summed E-state index contributed by atoms with van der Waals surface area (Å²) in [6.07, 6.45) is 12.5. The van der Waals surface area contributed by atoms with Crippen LogP contribution in [0.5, 0.6) is 5.88 Å². The highest BCUT2D eigenvalue weighted by Crippen LogP contribution is 2.35. The summed E-state index contributed by atoms with van der Waals surface area (Å²) in [7, 11) is 0. The summed E-state index contributed by atoms with van der Waals surface area (Å²) in [6.45, 7) is 2.04. The number of nitrogens with zero attached hydrogens (tertiary/aromatic N) is 3. The molecule has 3 fully saturated rings. The number of rotatable bonds is 7. The van der Waals surface area contributed by atoms with E-state index in [4.69, 9.17) is 14.2 Å². The van der Waals surface area contributed by atoms with Gasteiger partial charge in [0.2, 0.25) is 5.88 Å². The van der Waals surface area contributed by atoms with E-state index in [0.29, 0.717) is 31.5 Å². The third-order valence-corrected chi connectivity index (χ3v) is 5.93. The van der Waals surface area contributed by atoms with Crippen LogP contribution in [0.25, 0.3) is 0 Å². The molecule has 3 aliphatic rings. The summed E-state index contributed by atoms with van der Waals surface area (Å²) in [4.78, 5) is 24.9. The van der Waals surface area contributed by atoms with E-state index >= 15 is 0 Å². The van der Waals surface area contributed by atoms with Crippen LogP contribution in [0.3, 0.4) is 0 Å². The molecule has 1 aromatic rings. The fourth-order valence-electron chi connectivity index (χ4n) is 4.41. The maximum Gasteiger partial charge on any atom is 0.421 e. The van der Waals surface area contributed by atoms with Gasteiger partial charge in [0.25, 0.3) is 0 Å². The molecule has 2 aliphatic heterocycles. The van der Waals surface area contributed by atoms with Crippen LogP contribution in [0, 0.1) is 0 Å². The quantitative estimate of drug-likeness (QED) is 0.401. The number of carbonyl (C=O) groups is 2. The Labute approximate surface area is 165 Å². The zero-order valence-electron chi connectivity index (χ0n) is 16.3. The molecule has 0 radical (unpaired) electrons. The van der Waals surface area contributed by atoms with Crippen molar-refractivity contribution in [1.82, 2.24) is 14.7 Å². The topological polar surface area (TPSA) is 82.9 Å². The lowest BCUT2D eigenvalue weighted by Crippen LogP contribution is -2.53. The largest absolute Gasteiger partial charge is 0.477 e. The van der Waals surface area contributed by atoms with Crippen LogP contribution in [0.15, 0.2) is 12.3 Å². The van der Waals surface area contributed by atoms with Gasteiger partial charge in [0.05, 0.1) is 12.6 Å². The molecule has 8 nitrogen and oxygen atoms in total. The smallest absolute Gasteiger partial charge is 0.421 e. The number of hydrogen-bond donors (Lipinski definition) is 0. The normalized spacial score (nSPS) is 23.0. The molecule has 0 atom stereocenters. The molecule has 1 aromatic heterocycles. The first kappa shape index (κ1) is 19.2. The minimum absolute atomic E-state index is 0.512. The fourth-order valence-corrected chi connectivity index (χ4v) is 4.41. The third-order valence-electron chi connectivity index (χ3n) is 5.93. The predicted molar refractivity (Wildman–Crippen MR) is 99.4 cm³/mol. The molecule has 1 saturated carbocycles. The minimum Gasteiger partial charge on any atom is -0.477 e. The lowest BCUT2D eigenvalue weighted by Gasteiger charge is -2.40. The molecule has 3 heterocycles. The zero-order chi connectivity index (χ0) is 19.4. The second kappa shape index (κ2) is 8.51. The van der Waals surface area contributed by atoms with Crippen LogP contribution in [0.1, 0.15) is 70.3 Å². The van der Waals surface area contributed by atoms with E-state index in [-0.39, 0.29) is 0 Å². The van der Waals surface area contributed by atoms with Crippen LogP contribution in [0.2, 0.25) is 0 Å². The summed E-state index contributed by atoms with van der Waals surface area (Å²) in [5, 5.41) is 4.57. The van der Waals surface area contributed by atoms with E-state index in [2.05, 4.69) is 9.78 Å². The van der Waals surface area contributed by atoms with Gasteiger partial charge in [-0.25, -0.2) is 14.5 Å². The van der Waals surface area contributed by atoms with Crippen LogP contribution < -0.4 is 4.74 Å². The summed E-state index contributed by atoms with van der Waals surface area (Å²) in [5.74, 6) is -2.27. The zero-order valence-corrected chi connectivity index (χ0v) is 16.3. The summed E-state index contributed by atoms with van der Waals surface area (Å²) >= 11 is 0. The molecule has 0 unspecified atom stereocenters. The Morgan fingerprint density at radius 1 is 1.07 bits per heavy atom. The van der Waals surface area contributed by atoms with Gasteiger partial charge in [0.1, 0.15) is 0 Å². The van der Waals surface area contributed by atoms with E-state index in [0.717, 1.165) is 32.2 Å². The predicted octanol–water partition coefficient (Wildman–Crippen LogP) is 2.79. The first-order valence-corrected chi connectivity index (χ1v) is 10.6. The standard InChI is InChI=1S/C20H29N3O5/c24-18-19(25)28-20(27-18)11-4-5-12-22(20)13-6-7-15-26-17-10-14-23(21-17)16-8-2-1-3-9-16/h10,14,16H,1-9,11-13,15H2. The fraction of sp³-hybridized carbons (Fsp3) is 0.750. The monoisotopic (exact) mass is 391 g/mol. The number of aromatic nitrogens is 2. The molecule has 4 rings (SSSR count). The highest BCUT2D eigenvalue weighted by Gasteiger charge is 2.53. The molecule has 0 amide bonds. The lowest BCUT2D eigenvalue weighted by atomic mass is 9.96. The van der Waals surface area contributed by atoms with Gasteiger partial charge in [0.15, 0.2) is 0 Å². The van der Waals surface area contributed by atoms with Crippen molar-refractivity contribution < 1.29 is 23.8 Å². The van der Waals surface area contributed by atoms with Crippen LogP contribution in [0.4, 0.5) is 0 Å². The molecule has 28 heavy (non-hydrogen) atoms. The Morgan fingerprint density at radius 2 is 1.86 bits per heavy atom. The van der Waals surface area contributed by atoms with E-state index in [1.54, 1.807) is 0 Å². The number of ether oxygens (including phenoxy) is 3. The Morgan fingerprint density at radius 3 is 2.64 bits per heavy atom. The van der Waals surface area contributed by atoms with Gasteiger partial charge in [-0.15, -0.1) is 5.10 Å². The van der Waals surface area contributed by atoms with Crippen LogP contribution in [-0.2, 0) is 19.1 Å². The molecular formula is C20H29N3O5. The molecule has 0 bridgehead atoms. The first-order valence-electron chi connectivity index (χ1n) is 10.6. The van der Waals surface area contributed by atoms with Gasteiger partial charge in [-0.1, -0.05) is 19.3 Å². The maximum atomic E-state index is 11.5. The molecule has 1 aliphatic carbocycles. The highest BCUT2D eigenvalue weighted by atomic mass is 16.8. The van der Waals surface area contributed by atoms with Gasteiger partial charge in [0, 0.05) is 31.8 Å². The minimum atomic E-state index is -1.17. The van der Waals surface area contributed by atoms with Crippen molar-refractivity contribution in [2.24, 2.45) is 0 Å². The maximum absolute atomic E-state index is 11.5. The van der Waals surface area contributed by atoms with E-state index < -0.39 is 17.8 Å². The van der Waals surface area contributed by atoms with E-state index in [1.807, 2.05) is 17.2 Å². The molecule has 0 N–H and O–H groups in total. The molecular weight excluding hydrogens is 362 g/mol. The summed E-state index contributed by atoms with van der Waals surface area (Å²) in [5.41, 5.74) is 0. The second-order valence-corrected chi connectivity index (χ2v) is 7.92. The van der Waals surface area contributed by atoms with Crippen LogP contribution in [-0.4, -0.2) is 52.2 Å². The van der Waals surface area contributed by atoms with Crippen LogP contribution >= 0.6 is 0 Å². The van der Waals surface area contributed by atoms with Gasteiger partial charge < -0.3 is 14.2 Å². The highest BCUT2D eigenvalue weighted by molar-refractivity contribution is 6.31. The van der Waals surface area contributed by atoms with Crippen molar-refractivity contribution in [3.8, 4) is 5.88 Å². The summed E-state index contributed by atoms with van der Waals surface area (Å²) in [6, 6.07) is 2.45. The first-order chi connectivity index (χ1) is 13.7. The van der Waals surface area contributed by atoms with E-state index in [9.17, 15) is 9.59 Å². The van der Waals surface area contributed by atoms with Crippen molar-refractivity contribution in [1.29, 1.82) is 0 Å². The third kappa shape index (κ3) is 4.16. The molecule has 8 heteroatoms. The molecule has 2 saturated heterocycles. The van der Waals surface area contributed by atoms with Crippen molar-refractivity contribution in [3.05, 3.63) is 12.3 Å². The van der Waals surface area contributed by atoms with Gasteiger partial charge in [-0.3, -0.25) is 4.68 Å². The number of piperidine rings is 1. The average Bonchev–Trinajstić information content (AvgIpc) is 3.29. The lowest BCUT2D eigenvalue weighted by molar-refractivity contribution is -0.263. The van der Waals surface area contributed by atoms with Gasteiger partial charge >= 0.3 is 17.8 Å². The Hall–Kier alpha value is -2.09. The average molecular weight is 391 g/mol. The van der Waals surface area contributed by atoms with Crippen molar-refractivity contribution >= 4 is 11.9 Å². The van der Waals surface area contributed by atoms with E-state index in [1.165, 1.54) is 32.1 Å². The molecule has 154 valence electrons. The van der Waals surface area contributed by atoms with Gasteiger partial charge in [-0.05, 0) is 38.5 Å².